The number of carbonyl (C=O) groups is 1. The van der Waals surface area contributed by atoms with Crippen LogP contribution in [0.1, 0.15) is 0 Å². The molecule has 0 aliphatic carbocycles. The number of halogens is 1. The van der Waals surface area contributed by atoms with Crippen LogP contribution in [-0.4, -0.2) is 31.9 Å². The number of carboxylic acids is 1. The Bertz CT molecular complexity index is 391. The Morgan fingerprint density at radius 1 is 1.38 bits per heavy atom. The van der Waals surface area contributed by atoms with E-state index in [-0.39, 0.29) is 0 Å². The molecule has 0 radical (unpaired) electrons. The van der Waals surface area contributed by atoms with Gasteiger partial charge >= 0.3 is 5.97 Å². The molecule has 0 amide bonds. The molecule has 0 spiro atoms. The lowest BCUT2D eigenvalue weighted by Gasteiger charge is -2.11. The van der Waals surface area contributed by atoms with Gasteiger partial charge in [-0.25, -0.2) is 4.79 Å². The highest BCUT2D eigenvalue weighted by Crippen LogP contribution is 2.38. The van der Waals surface area contributed by atoms with E-state index in [0.29, 0.717) is 22.3 Å². The Kier molecular flexibility index (Phi) is 4.25. The lowest BCUT2D eigenvalue weighted by atomic mass is 10.3. The van der Waals surface area contributed by atoms with Gasteiger partial charge in [-0.05, 0) is 0 Å². The van der Waals surface area contributed by atoms with Crippen molar-refractivity contribution in [3.63, 3.8) is 0 Å². The lowest BCUT2D eigenvalue weighted by Crippen LogP contribution is -2.09. The Morgan fingerprint density at radius 2 is 2.06 bits per heavy atom. The number of aliphatic carboxylic acids is 1. The van der Waals surface area contributed by atoms with Gasteiger partial charge in [0.1, 0.15) is 5.75 Å². The van der Waals surface area contributed by atoms with Crippen molar-refractivity contribution in [3.05, 3.63) is 17.2 Å². The van der Waals surface area contributed by atoms with Crippen LogP contribution in [0.5, 0.6) is 17.2 Å². The van der Waals surface area contributed by atoms with Crippen molar-refractivity contribution in [2.45, 2.75) is 0 Å². The topological polar surface area (TPSA) is 65.0 Å². The van der Waals surface area contributed by atoms with Crippen molar-refractivity contribution in [1.29, 1.82) is 0 Å². The summed E-state index contributed by atoms with van der Waals surface area (Å²) in [5, 5.41) is 8.75. The Hall–Kier alpha value is -1.62. The zero-order valence-electron chi connectivity index (χ0n) is 8.82. The van der Waals surface area contributed by atoms with Crippen molar-refractivity contribution < 1.29 is 24.1 Å². The van der Waals surface area contributed by atoms with E-state index in [0.717, 1.165) is 0 Å². The number of rotatable bonds is 5. The summed E-state index contributed by atoms with van der Waals surface area (Å²) in [5.74, 6) is 0.0122. The third-order valence-corrected chi connectivity index (χ3v) is 2.05. The molecule has 0 atom stereocenters. The van der Waals surface area contributed by atoms with E-state index in [1.807, 2.05) is 0 Å². The maximum atomic E-state index is 10.3. The van der Waals surface area contributed by atoms with Gasteiger partial charge in [0.15, 0.2) is 18.1 Å². The summed E-state index contributed by atoms with van der Waals surface area (Å²) >= 11 is 5.90. The third-order valence-electron chi connectivity index (χ3n) is 1.77. The second-order valence-electron chi connectivity index (χ2n) is 2.82. The fraction of sp³-hybridized carbons (Fsp3) is 0.300. The highest BCUT2D eigenvalue weighted by Gasteiger charge is 2.12. The van der Waals surface area contributed by atoms with Crippen molar-refractivity contribution in [3.8, 4) is 17.2 Å². The number of methoxy groups -OCH3 is 2. The van der Waals surface area contributed by atoms with E-state index in [9.17, 15) is 4.79 Å². The van der Waals surface area contributed by atoms with E-state index in [2.05, 4.69) is 0 Å². The average molecular weight is 247 g/mol. The van der Waals surface area contributed by atoms with Crippen molar-refractivity contribution in [1.82, 2.24) is 0 Å². The summed E-state index contributed by atoms with van der Waals surface area (Å²) in [7, 11) is 2.91. The average Bonchev–Trinajstić information content (AvgIpc) is 2.25. The van der Waals surface area contributed by atoms with E-state index in [1.54, 1.807) is 0 Å². The predicted octanol–water partition coefficient (Wildman–Crippen LogP) is 1.82. The van der Waals surface area contributed by atoms with Crippen molar-refractivity contribution >= 4 is 17.6 Å². The van der Waals surface area contributed by atoms with Gasteiger partial charge < -0.3 is 19.3 Å². The molecule has 88 valence electrons. The van der Waals surface area contributed by atoms with Crippen molar-refractivity contribution in [2.75, 3.05) is 20.8 Å². The van der Waals surface area contributed by atoms with Crippen LogP contribution in [0.2, 0.25) is 5.02 Å². The van der Waals surface area contributed by atoms with E-state index in [1.165, 1.54) is 26.4 Å². The minimum atomic E-state index is -1.06. The lowest BCUT2D eigenvalue weighted by molar-refractivity contribution is -0.139. The number of hydrogen-bond acceptors (Lipinski definition) is 4. The summed E-state index contributed by atoms with van der Waals surface area (Å²) < 4.78 is 15.0. The second kappa shape index (κ2) is 5.46. The van der Waals surface area contributed by atoms with Crippen LogP contribution in [0, 0.1) is 0 Å². The molecule has 0 saturated heterocycles. The first kappa shape index (κ1) is 12.4. The fourth-order valence-corrected chi connectivity index (χ4v) is 1.40. The monoisotopic (exact) mass is 246 g/mol. The van der Waals surface area contributed by atoms with E-state index in [4.69, 9.17) is 30.9 Å². The zero-order valence-corrected chi connectivity index (χ0v) is 9.58. The van der Waals surface area contributed by atoms with Gasteiger partial charge in [0, 0.05) is 12.1 Å². The van der Waals surface area contributed by atoms with Crippen LogP contribution >= 0.6 is 11.6 Å². The highest BCUT2D eigenvalue weighted by atomic mass is 35.5. The quantitative estimate of drug-likeness (QED) is 0.859. The molecular formula is C10H11ClO5. The molecule has 1 rings (SSSR count). The molecule has 1 aromatic carbocycles. The van der Waals surface area contributed by atoms with Gasteiger partial charge in [-0.2, -0.15) is 0 Å². The molecule has 16 heavy (non-hydrogen) atoms. The van der Waals surface area contributed by atoms with Gasteiger partial charge in [0.05, 0.1) is 19.2 Å². The van der Waals surface area contributed by atoms with Crippen LogP contribution in [0.25, 0.3) is 0 Å². The van der Waals surface area contributed by atoms with Gasteiger partial charge in [-0.3, -0.25) is 0 Å². The van der Waals surface area contributed by atoms with Crippen LogP contribution in [0.3, 0.4) is 0 Å². The Balaban J connectivity index is 2.96. The minimum Gasteiger partial charge on any atom is -0.493 e. The molecule has 1 aromatic rings. The number of carboxylic acid groups (broad SMARTS) is 1. The summed E-state index contributed by atoms with van der Waals surface area (Å²) in [6.07, 6.45) is 0. The Labute approximate surface area is 97.5 Å². The maximum absolute atomic E-state index is 10.3. The first-order valence-corrected chi connectivity index (χ1v) is 4.72. The molecule has 0 fully saturated rings. The maximum Gasteiger partial charge on any atom is 0.341 e. The smallest absolute Gasteiger partial charge is 0.341 e. The summed E-state index contributed by atoms with van der Waals surface area (Å²) in [6, 6.07) is 2.97. The number of ether oxygens (including phenoxy) is 3. The first-order valence-electron chi connectivity index (χ1n) is 4.34. The van der Waals surface area contributed by atoms with Crippen LogP contribution in [-0.2, 0) is 4.79 Å². The molecule has 5 nitrogen and oxygen atoms in total. The van der Waals surface area contributed by atoms with Gasteiger partial charge in [0.2, 0.25) is 0 Å². The van der Waals surface area contributed by atoms with E-state index >= 15 is 0 Å². The van der Waals surface area contributed by atoms with Gasteiger partial charge in [-0.15, -0.1) is 0 Å². The molecule has 0 unspecified atom stereocenters. The van der Waals surface area contributed by atoms with Crippen LogP contribution in [0.4, 0.5) is 0 Å². The Morgan fingerprint density at radius 3 is 2.56 bits per heavy atom. The highest BCUT2D eigenvalue weighted by molar-refractivity contribution is 6.32. The normalized spacial score (nSPS) is 9.69. The SMILES string of the molecule is COc1cc(OCC(=O)O)cc(Cl)c1OC. The fourth-order valence-electron chi connectivity index (χ4n) is 1.12. The molecule has 0 saturated carbocycles. The molecule has 0 aliphatic rings. The molecule has 0 aliphatic heterocycles. The van der Waals surface area contributed by atoms with Crippen LogP contribution < -0.4 is 14.2 Å². The molecule has 0 aromatic heterocycles. The van der Waals surface area contributed by atoms with E-state index < -0.39 is 12.6 Å². The molecule has 6 heteroatoms. The van der Waals surface area contributed by atoms with Crippen LogP contribution in [0.15, 0.2) is 12.1 Å². The molecule has 0 bridgehead atoms. The molecule has 0 heterocycles. The third kappa shape index (κ3) is 2.93. The molecule has 1 N–H and O–H groups in total. The predicted molar refractivity (Wildman–Crippen MR) is 57.7 cm³/mol. The first-order chi connectivity index (χ1) is 7.58. The van der Waals surface area contributed by atoms with Gasteiger partial charge in [-0.1, -0.05) is 11.6 Å². The molecular weight excluding hydrogens is 236 g/mol. The van der Waals surface area contributed by atoms with Crippen molar-refractivity contribution in [2.24, 2.45) is 0 Å². The number of benzene rings is 1. The summed E-state index contributed by atoms with van der Waals surface area (Å²) in [4.78, 5) is 10.3. The largest absolute Gasteiger partial charge is 0.493 e. The standard InChI is InChI=1S/C10H11ClO5/c1-14-8-4-6(16-5-9(12)13)3-7(11)10(8)15-2/h3-4H,5H2,1-2H3,(H,12,13). The summed E-state index contributed by atoms with van der Waals surface area (Å²) in [6.45, 7) is -0.439. The minimum absolute atomic E-state index is 0.294. The van der Waals surface area contributed by atoms with Gasteiger partial charge in [0.25, 0.3) is 0 Å². The summed E-state index contributed by atoms with van der Waals surface area (Å²) in [5.41, 5.74) is 0. The number of hydrogen-bond donors (Lipinski definition) is 1. The second-order valence-corrected chi connectivity index (χ2v) is 3.23. The zero-order chi connectivity index (χ0) is 12.1.